The van der Waals surface area contributed by atoms with Gasteiger partial charge < -0.3 is 10.5 Å². The van der Waals surface area contributed by atoms with Crippen LogP contribution in [0.2, 0.25) is 5.02 Å². The fraction of sp³-hybridized carbons (Fsp3) is 0.333. The fourth-order valence-electron chi connectivity index (χ4n) is 4.66. The number of halogens is 1. The highest BCUT2D eigenvalue weighted by molar-refractivity contribution is 6.34. The van der Waals surface area contributed by atoms with Gasteiger partial charge in [0.05, 0.1) is 16.0 Å². The van der Waals surface area contributed by atoms with Crippen LogP contribution >= 0.6 is 11.6 Å². The SMILES string of the molecule is Cc1ccc(Cl)c(C2=NN(C(=O)C(C)(C)C(C)c3ccccc3)C(CCCN)(c3ccccc3)O2)c1. The van der Waals surface area contributed by atoms with Crippen molar-refractivity contribution in [1.29, 1.82) is 0 Å². The van der Waals surface area contributed by atoms with E-state index in [1.165, 1.54) is 0 Å². The smallest absolute Gasteiger partial charge is 0.252 e. The number of hydrogen-bond acceptors (Lipinski definition) is 4. The lowest BCUT2D eigenvalue weighted by Crippen LogP contribution is -2.51. The second-order valence-electron chi connectivity index (χ2n) is 10.0. The van der Waals surface area contributed by atoms with Crippen LogP contribution in [0.25, 0.3) is 0 Å². The van der Waals surface area contributed by atoms with Crippen molar-refractivity contribution < 1.29 is 9.53 Å². The Morgan fingerprint density at radius 3 is 2.36 bits per heavy atom. The number of nitrogens with two attached hydrogens (primary N) is 1. The minimum Gasteiger partial charge on any atom is -0.443 e. The number of carbonyl (C=O) groups is 1. The minimum absolute atomic E-state index is 0.0593. The molecule has 0 saturated heterocycles. The van der Waals surface area contributed by atoms with Crippen molar-refractivity contribution in [2.45, 2.75) is 52.2 Å². The van der Waals surface area contributed by atoms with Gasteiger partial charge in [-0.3, -0.25) is 4.79 Å². The molecule has 0 bridgehead atoms. The molecule has 1 amide bonds. The predicted octanol–water partition coefficient (Wildman–Crippen LogP) is 6.59. The minimum atomic E-state index is -1.13. The van der Waals surface area contributed by atoms with Crippen molar-refractivity contribution in [3.05, 3.63) is 106 Å². The van der Waals surface area contributed by atoms with Crippen molar-refractivity contribution in [2.75, 3.05) is 6.54 Å². The molecular formula is C30H34ClN3O2. The van der Waals surface area contributed by atoms with Crippen LogP contribution in [0, 0.1) is 12.3 Å². The molecule has 1 aliphatic rings. The maximum Gasteiger partial charge on any atom is 0.252 e. The highest BCUT2D eigenvalue weighted by Gasteiger charge is 2.53. The first-order chi connectivity index (χ1) is 17.2. The third-order valence-corrected chi connectivity index (χ3v) is 7.55. The van der Waals surface area contributed by atoms with E-state index in [9.17, 15) is 4.79 Å². The molecule has 2 unspecified atom stereocenters. The molecule has 0 spiro atoms. The van der Waals surface area contributed by atoms with E-state index in [0.717, 1.165) is 16.7 Å². The summed E-state index contributed by atoms with van der Waals surface area (Å²) >= 11 is 6.58. The van der Waals surface area contributed by atoms with E-state index in [0.29, 0.717) is 35.9 Å². The first kappa shape index (κ1) is 25.9. The first-order valence-corrected chi connectivity index (χ1v) is 12.8. The highest BCUT2D eigenvalue weighted by atomic mass is 35.5. The van der Waals surface area contributed by atoms with Gasteiger partial charge in [-0.15, -0.1) is 5.10 Å². The molecule has 1 heterocycles. The van der Waals surface area contributed by atoms with Gasteiger partial charge in [0.1, 0.15) is 0 Å². The zero-order valence-corrected chi connectivity index (χ0v) is 22.1. The first-order valence-electron chi connectivity index (χ1n) is 12.4. The van der Waals surface area contributed by atoms with Crippen molar-refractivity contribution in [2.24, 2.45) is 16.3 Å². The van der Waals surface area contributed by atoms with Crippen LogP contribution in [-0.2, 0) is 15.3 Å². The molecule has 0 aliphatic carbocycles. The monoisotopic (exact) mass is 503 g/mol. The van der Waals surface area contributed by atoms with E-state index in [-0.39, 0.29) is 11.8 Å². The molecule has 6 heteroatoms. The summed E-state index contributed by atoms with van der Waals surface area (Å²) in [7, 11) is 0. The molecule has 2 atom stereocenters. The molecule has 0 radical (unpaired) electrons. The van der Waals surface area contributed by atoms with Gasteiger partial charge in [0, 0.05) is 12.0 Å². The number of ether oxygens (including phenoxy) is 1. The zero-order chi connectivity index (χ0) is 25.9. The lowest BCUT2D eigenvalue weighted by molar-refractivity contribution is -0.163. The molecule has 0 aromatic heterocycles. The molecule has 4 rings (SSSR count). The lowest BCUT2D eigenvalue weighted by atomic mass is 9.74. The standard InChI is InChI=1S/C30H34ClN3O2/c1-21-16-17-26(31)25(20-21)27-33-34(28(35)29(3,4)22(2)23-12-7-5-8-13-23)30(36-27,18-11-19-32)24-14-9-6-10-15-24/h5-10,12-17,20,22H,11,18-19,32H2,1-4H3. The summed E-state index contributed by atoms with van der Waals surface area (Å²) in [5.74, 6) is 0.149. The van der Waals surface area contributed by atoms with Gasteiger partial charge >= 0.3 is 0 Å². The topological polar surface area (TPSA) is 67.9 Å². The molecule has 3 aromatic carbocycles. The molecule has 2 N–H and O–H groups in total. The van der Waals surface area contributed by atoms with Gasteiger partial charge in [0.15, 0.2) is 0 Å². The van der Waals surface area contributed by atoms with Crippen LogP contribution in [0.15, 0.2) is 84.0 Å². The Labute approximate surface area is 218 Å². The second kappa shape index (κ2) is 10.5. The number of hydrazone groups is 1. The summed E-state index contributed by atoms with van der Waals surface area (Å²) in [5.41, 5.74) is 7.66. The molecule has 0 saturated carbocycles. The van der Waals surface area contributed by atoms with E-state index in [4.69, 9.17) is 27.2 Å². The van der Waals surface area contributed by atoms with E-state index in [1.807, 2.05) is 87.5 Å². The number of nitrogens with zero attached hydrogens (tertiary/aromatic N) is 2. The maximum absolute atomic E-state index is 14.4. The van der Waals surface area contributed by atoms with E-state index in [2.05, 4.69) is 19.1 Å². The van der Waals surface area contributed by atoms with Crippen LogP contribution in [-0.4, -0.2) is 23.4 Å². The summed E-state index contributed by atoms with van der Waals surface area (Å²) in [4.78, 5) is 14.4. The number of benzene rings is 3. The lowest BCUT2D eigenvalue weighted by Gasteiger charge is -2.40. The largest absolute Gasteiger partial charge is 0.443 e. The van der Waals surface area contributed by atoms with E-state index >= 15 is 0 Å². The maximum atomic E-state index is 14.4. The average Bonchev–Trinajstić information content (AvgIpc) is 3.29. The van der Waals surface area contributed by atoms with Gasteiger partial charge in [0.25, 0.3) is 5.91 Å². The number of amides is 1. The van der Waals surface area contributed by atoms with Crippen LogP contribution < -0.4 is 5.73 Å². The fourth-order valence-corrected chi connectivity index (χ4v) is 4.85. The van der Waals surface area contributed by atoms with Gasteiger partial charge in [-0.2, -0.15) is 5.01 Å². The van der Waals surface area contributed by atoms with Gasteiger partial charge in [-0.25, -0.2) is 0 Å². The predicted molar refractivity (Wildman–Crippen MR) is 146 cm³/mol. The molecular weight excluding hydrogens is 470 g/mol. The quantitative estimate of drug-likeness (QED) is 0.377. The third-order valence-electron chi connectivity index (χ3n) is 7.22. The van der Waals surface area contributed by atoms with Gasteiger partial charge in [0.2, 0.25) is 11.6 Å². The summed E-state index contributed by atoms with van der Waals surface area (Å²) in [6, 6.07) is 25.6. The van der Waals surface area contributed by atoms with Crippen molar-refractivity contribution in [3.8, 4) is 0 Å². The summed E-state index contributed by atoms with van der Waals surface area (Å²) in [6.45, 7) is 8.47. The van der Waals surface area contributed by atoms with Crippen LogP contribution in [0.1, 0.15) is 61.8 Å². The molecule has 0 fully saturated rings. The molecule has 188 valence electrons. The Morgan fingerprint density at radius 2 is 1.72 bits per heavy atom. The van der Waals surface area contributed by atoms with E-state index in [1.54, 1.807) is 5.01 Å². The van der Waals surface area contributed by atoms with Crippen molar-refractivity contribution in [1.82, 2.24) is 5.01 Å². The summed E-state index contributed by atoms with van der Waals surface area (Å²) in [6.07, 6.45) is 1.14. The molecule has 3 aromatic rings. The number of carbonyl (C=O) groups excluding carboxylic acids is 1. The second-order valence-corrected chi connectivity index (χ2v) is 10.4. The van der Waals surface area contributed by atoms with Crippen LogP contribution in [0.3, 0.4) is 0 Å². The van der Waals surface area contributed by atoms with Crippen molar-refractivity contribution >= 4 is 23.4 Å². The third kappa shape index (κ3) is 4.78. The highest BCUT2D eigenvalue weighted by Crippen LogP contribution is 2.46. The Hall–Kier alpha value is -3.15. The van der Waals surface area contributed by atoms with Gasteiger partial charge in [-0.1, -0.05) is 105 Å². The molecule has 5 nitrogen and oxygen atoms in total. The zero-order valence-electron chi connectivity index (χ0n) is 21.4. The van der Waals surface area contributed by atoms with E-state index < -0.39 is 11.1 Å². The molecule has 1 aliphatic heterocycles. The summed E-state index contributed by atoms with van der Waals surface area (Å²) in [5, 5.41) is 6.91. The molecule has 36 heavy (non-hydrogen) atoms. The Bertz CT molecular complexity index is 1240. The van der Waals surface area contributed by atoms with Crippen LogP contribution in [0.4, 0.5) is 0 Å². The number of rotatable bonds is 8. The normalized spacial score (nSPS) is 18.5. The van der Waals surface area contributed by atoms with Crippen molar-refractivity contribution in [3.63, 3.8) is 0 Å². The number of hydrogen-bond donors (Lipinski definition) is 1. The Balaban J connectivity index is 1.86. The summed E-state index contributed by atoms with van der Waals surface area (Å²) < 4.78 is 6.69. The number of aryl methyl sites for hydroxylation is 1. The Kier molecular flexibility index (Phi) is 7.53. The van der Waals surface area contributed by atoms with Crippen LogP contribution in [0.5, 0.6) is 0 Å². The average molecular weight is 504 g/mol. The Morgan fingerprint density at radius 1 is 1.08 bits per heavy atom. The van der Waals surface area contributed by atoms with Gasteiger partial charge in [-0.05, 0) is 43.5 Å².